The molecule has 1 atom stereocenters. The van der Waals surface area contributed by atoms with Crippen LogP contribution in [-0.2, 0) is 4.79 Å². The lowest BCUT2D eigenvalue weighted by molar-refractivity contribution is -0.118. The molecule has 0 aromatic heterocycles. The average molecular weight is 269 g/mol. The molecule has 80 valence electrons. The van der Waals surface area contributed by atoms with Gasteiger partial charge in [-0.3, -0.25) is 4.79 Å². The highest BCUT2D eigenvalue weighted by Gasteiger charge is 2.26. The Bertz CT molecular complexity index is 387. The maximum atomic E-state index is 11.6. The molecule has 0 spiro atoms. The van der Waals surface area contributed by atoms with Crippen LogP contribution in [0.25, 0.3) is 0 Å². The Kier molecular flexibility index (Phi) is 3.10. The number of carbonyl (C=O) groups is 1. The molecule has 15 heavy (non-hydrogen) atoms. The second kappa shape index (κ2) is 4.35. The Labute approximate surface area is 97.8 Å². The van der Waals surface area contributed by atoms with Crippen molar-refractivity contribution in [3.05, 3.63) is 28.2 Å². The van der Waals surface area contributed by atoms with E-state index in [1.165, 1.54) is 0 Å². The van der Waals surface area contributed by atoms with Crippen molar-refractivity contribution in [2.45, 2.75) is 25.2 Å². The molecule has 0 saturated heterocycles. The maximum Gasteiger partial charge on any atom is 0.140 e. The van der Waals surface area contributed by atoms with E-state index in [-0.39, 0.29) is 5.92 Å². The van der Waals surface area contributed by atoms with Crippen molar-refractivity contribution in [3.8, 4) is 5.75 Å². The molecule has 1 aliphatic rings. The largest absolute Gasteiger partial charge is 0.496 e. The minimum absolute atomic E-state index is 0.104. The van der Waals surface area contributed by atoms with Crippen LogP contribution in [0.15, 0.2) is 22.7 Å². The highest BCUT2D eigenvalue weighted by molar-refractivity contribution is 9.10. The molecule has 2 nitrogen and oxygen atoms in total. The van der Waals surface area contributed by atoms with Crippen LogP contribution in [0, 0.1) is 0 Å². The number of methoxy groups -OCH3 is 1. The lowest BCUT2D eigenvalue weighted by Crippen LogP contribution is -2.04. The summed E-state index contributed by atoms with van der Waals surface area (Å²) in [5.41, 5.74) is 1.10. The van der Waals surface area contributed by atoms with E-state index >= 15 is 0 Å². The Morgan fingerprint density at radius 3 is 2.80 bits per heavy atom. The summed E-state index contributed by atoms with van der Waals surface area (Å²) in [6.07, 6.45) is 2.74. The summed E-state index contributed by atoms with van der Waals surface area (Å²) < 4.78 is 6.08. The second-order valence-electron chi connectivity index (χ2n) is 3.81. The second-order valence-corrected chi connectivity index (χ2v) is 4.66. The lowest BCUT2D eigenvalue weighted by Gasteiger charge is -2.10. The summed E-state index contributed by atoms with van der Waals surface area (Å²) in [4.78, 5) is 11.6. The Hall–Kier alpha value is -0.830. The topological polar surface area (TPSA) is 26.3 Å². The van der Waals surface area contributed by atoms with Gasteiger partial charge in [0.25, 0.3) is 0 Å². The van der Waals surface area contributed by atoms with Gasteiger partial charge >= 0.3 is 0 Å². The number of ketones is 1. The summed E-state index contributed by atoms with van der Waals surface area (Å²) in [6.45, 7) is 0. The minimum Gasteiger partial charge on any atom is -0.496 e. The van der Waals surface area contributed by atoms with Gasteiger partial charge in [0.15, 0.2) is 0 Å². The molecule has 0 N–H and O–H groups in total. The summed E-state index contributed by atoms with van der Waals surface area (Å²) >= 11 is 3.44. The van der Waals surface area contributed by atoms with Crippen LogP contribution >= 0.6 is 15.9 Å². The monoisotopic (exact) mass is 268 g/mol. The number of ether oxygens (including phenoxy) is 1. The molecule has 3 heteroatoms. The number of Topliss-reactive ketones (excluding diaryl/α,β-unsaturated/α-hetero) is 1. The number of halogens is 1. The van der Waals surface area contributed by atoms with E-state index in [0.717, 1.165) is 35.0 Å². The fourth-order valence-electron chi connectivity index (χ4n) is 2.07. The zero-order valence-electron chi connectivity index (χ0n) is 8.63. The Morgan fingerprint density at radius 2 is 2.27 bits per heavy atom. The van der Waals surface area contributed by atoms with E-state index < -0.39 is 0 Å². The maximum absolute atomic E-state index is 11.6. The van der Waals surface area contributed by atoms with Crippen LogP contribution in [0.3, 0.4) is 0 Å². The molecule has 0 heterocycles. The van der Waals surface area contributed by atoms with Gasteiger partial charge in [0.05, 0.1) is 11.6 Å². The number of hydrogen-bond acceptors (Lipinski definition) is 2. The third-order valence-electron chi connectivity index (χ3n) is 2.88. The van der Waals surface area contributed by atoms with Crippen LogP contribution in [0.4, 0.5) is 0 Å². The molecular weight excluding hydrogens is 256 g/mol. The average Bonchev–Trinajstić information content (AvgIpc) is 2.64. The smallest absolute Gasteiger partial charge is 0.140 e. The molecule has 1 aromatic carbocycles. The van der Waals surface area contributed by atoms with E-state index in [2.05, 4.69) is 15.9 Å². The first-order valence-corrected chi connectivity index (χ1v) is 5.88. The number of rotatable bonds is 2. The van der Waals surface area contributed by atoms with Crippen LogP contribution in [0.2, 0.25) is 0 Å². The van der Waals surface area contributed by atoms with Crippen LogP contribution in [-0.4, -0.2) is 12.9 Å². The normalized spacial score (nSPS) is 20.7. The highest BCUT2D eigenvalue weighted by atomic mass is 79.9. The van der Waals surface area contributed by atoms with Gasteiger partial charge in [0.1, 0.15) is 11.5 Å². The minimum atomic E-state index is 0.104. The van der Waals surface area contributed by atoms with Crippen molar-refractivity contribution in [1.29, 1.82) is 0 Å². The van der Waals surface area contributed by atoms with Gasteiger partial charge in [0, 0.05) is 12.3 Å². The van der Waals surface area contributed by atoms with Crippen LogP contribution in [0.5, 0.6) is 5.75 Å². The SMILES string of the molecule is COc1ccc(C2CCCC2=O)cc1Br. The third-order valence-corrected chi connectivity index (χ3v) is 3.50. The molecule has 1 aliphatic carbocycles. The van der Waals surface area contributed by atoms with Gasteiger partial charge in [-0.15, -0.1) is 0 Å². The highest BCUT2D eigenvalue weighted by Crippen LogP contribution is 2.35. The Morgan fingerprint density at radius 1 is 1.47 bits per heavy atom. The summed E-state index contributed by atoms with van der Waals surface area (Å²) in [5.74, 6) is 1.28. The third kappa shape index (κ3) is 2.07. The zero-order chi connectivity index (χ0) is 10.8. The van der Waals surface area contributed by atoms with Crippen molar-refractivity contribution in [2.75, 3.05) is 7.11 Å². The molecule has 2 rings (SSSR count). The lowest BCUT2D eigenvalue weighted by atomic mass is 9.97. The van der Waals surface area contributed by atoms with Gasteiger partial charge in [-0.25, -0.2) is 0 Å². The van der Waals surface area contributed by atoms with Crippen molar-refractivity contribution in [2.24, 2.45) is 0 Å². The van der Waals surface area contributed by atoms with Gasteiger partial charge in [-0.1, -0.05) is 6.07 Å². The van der Waals surface area contributed by atoms with Gasteiger partial charge in [0.2, 0.25) is 0 Å². The standard InChI is InChI=1S/C12H13BrO2/c1-15-12-6-5-8(7-10(12)13)9-3-2-4-11(9)14/h5-7,9H,2-4H2,1H3. The molecular formula is C12H13BrO2. The molecule has 0 bridgehead atoms. The van der Waals surface area contributed by atoms with E-state index in [0.29, 0.717) is 5.78 Å². The Balaban J connectivity index is 2.29. The van der Waals surface area contributed by atoms with Crippen LogP contribution < -0.4 is 4.74 Å². The van der Waals surface area contributed by atoms with E-state index in [9.17, 15) is 4.79 Å². The zero-order valence-corrected chi connectivity index (χ0v) is 10.2. The molecule has 0 aliphatic heterocycles. The van der Waals surface area contributed by atoms with E-state index in [1.807, 2.05) is 18.2 Å². The summed E-state index contributed by atoms with van der Waals surface area (Å²) in [5, 5.41) is 0. The predicted octanol–water partition coefficient (Wildman–Crippen LogP) is 3.29. The van der Waals surface area contributed by atoms with Crippen molar-refractivity contribution < 1.29 is 9.53 Å². The van der Waals surface area contributed by atoms with Gasteiger partial charge in [-0.2, -0.15) is 0 Å². The first-order chi connectivity index (χ1) is 7.22. The molecule has 1 aromatic rings. The molecule has 0 radical (unpaired) electrons. The van der Waals surface area contributed by atoms with Gasteiger partial charge < -0.3 is 4.74 Å². The molecule has 1 unspecified atom stereocenters. The van der Waals surface area contributed by atoms with Crippen LogP contribution in [0.1, 0.15) is 30.7 Å². The first-order valence-electron chi connectivity index (χ1n) is 5.08. The summed E-state index contributed by atoms with van der Waals surface area (Å²) in [6, 6.07) is 5.88. The number of hydrogen-bond donors (Lipinski definition) is 0. The fraction of sp³-hybridized carbons (Fsp3) is 0.417. The molecule has 1 saturated carbocycles. The molecule has 0 amide bonds. The fourth-order valence-corrected chi connectivity index (χ4v) is 2.63. The van der Waals surface area contributed by atoms with Crippen molar-refractivity contribution >= 4 is 21.7 Å². The van der Waals surface area contributed by atoms with Crippen molar-refractivity contribution in [1.82, 2.24) is 0 Å². The van der Waals surface area contributed by atoms with E-state index in [1.54, 1.807) is 7.11 Å². The molecule has 1 fully saturated rings. The number of benzene rings is 1. The van der Waals surface area contributed by atoms with Crippen molar-refractivity contribution in [3.63, 3.8) is 0 Å². The van der Waals surface area contributed by atoms with E-state index in [4.69, 9.17) is 4.74 Å². The van der Waals surface area contributed by atoms with Gasteiger partial charge in [-0.05, 0) is 46.5 Å². The first kappa shape index (κ1) is 10.7. The number of carbonyl (C=O) groups excluding carboxylic acids is 1. The quantitative estimate of drug-likeness (QED) is 0.823. The summed E-state index contributed by atoms with van der Waals surface area (Å²) in [7, 11) is 1.64. The predicted molar refractivity (Wildman–Crippen MR) is 62.3 cm³/mol.